The van der Waals surface area contributed by atoms with Gasteiger partial charge in [-0.25, -0.2) is 0 Å². The third-order valence-corrected chi connectivity index (χ3v) is 3.46. The Bertz CT molecular complexity index is 443. The van der Waals surface area contributed by atoms with Crippen molar-refractivity contribution in [2.24, 2.45) is 7.05 Å². The van der Waals surface area contributed by atoms with E-state index in [9.17, 15) is 9.59 Å². The number of nitrogens with zero attached hydrogens (tertiary/aromatic N) is 3. The molecule has 0 fully saturated rings. The number of thioether (sulfide) groups is 1. The van der Waals surface area contributed by atoms with Gasteiger partial charge in [-0.1, -0.05) is 11.8 Å². The van der Waals surface area contributed by atoms with Gasteiger partial charge in [0.1, 0.15) is 5.82 Å². The van der Waals surface area contributed by atoms with Crippen molar-refractivity contribution in [2.45, 2.75) is 31.2 Å². The van der Waals surface area contributed by atoms with Gasteiger partial charge < -0.3 is 14.0 Å². The van der Waals surface area contributed by atoms with Crippen molar-refractivity contribution in [3.63, 3.8) is 0 Å². The third-order valence-electron chi connectivity index (χ3n) is 2.28. The Labute approximate surface area is 115 Å². The van der Waals surface area contributed by atoms with Gasteiger partial charge in [-0.3, -0.25) is 9.59 Å². The minimum absolute atomic E-state index is 0.202. The minimum Gasteiger partial charge on any atom is -0.465 e. The van der Waals surface area contributed by atoms with E-state index in [1.54, 1.807) is 32.4 Å². The summed E-state index contributed by atoms with van der Waals surface area (Å²) < 4.78 is 11.4. The summed E-state index contributed by atoms with van der Waals surface area (Å²) in [5.41, 5.74) is 0. The highest BCUT2D eigenvalue weighted by molar-refractivity contribution is 8.01. The summed E-state index contributed by atoms with van der Waals surface area (Å²) in [5.74, 6) is -0.577. The van der Waals surface area contributed by atoms with Crippen molar-refractivity contribution in [3.8, 4) is 0 Å². The van der Waals surface area contributed by atoms with E-state index < -0.39 is 17.2 Å². The van der Waals surface area contributed by atoms with E-state index in [2.05, 4.69) is 10.2 Å². The fraction of sp³-hybridized carbons (Fsp3) is 0.636. The molecule has 1 rings (SSSR count). The van der Waals surface area contributed by atoms with Gasteiger partial charge in [0.15, 0.2) is 5.16 Å². The molecule has 1 heterocycles. The van der Waals surface area contributed by atoms with E-state index in [0.29, 0.717) is 11.0 Å². The SMILES string of the molecule is CCOC(=O)C(Sc1nnc(C)n1C)C(=O)OCC. The van der Waals surface area contributed by atoms with Gasteiger partial charge >= 0.3 is 11.9 Å². The fourth-order valence-electron chi connectivity index (χ4n) is 1.22. The fourth-order valence-corrected chi connectivity index (χ4v) is 2.14. The van der Waals surface area contributed by atoms with Crippen LogP contribution in [0.5, 0.6) is 0 Å². The predicted octanol–water partition coefficient (Wildman–Crippen LogP) is 0.710. The smallest absolute Gasteiger partial charge is 0.331 e. The molecule has 0 aliphatic carbocycles. The normalized spacial score (nSPS) is 10.6. The molecule has 0 saturated carbocycles. The highest BCUT2D eigenvalue weighted by Crippen LogP contribution is 2.23. The third kappa shape index (κ3) is 3.95. The van der Waals surface area contributed by atoms with Crippen LogP contribution in [0.15, 0.2) is 5.16 Å². The van der Waals surface area contributed by atoms with E-state index in [0.717, 1.165) is 11.8 Å². The van der Waals surface area contributed by atoms with E-state index in [1.807, 2.05) is 0 Å². The molecule has 0 N–H and O–H groups in total. The lowest BCUT2D eigenvalue weighted by molar-refractivity contribution is -0.152. The number of ether oxygens (including phenoxy) is 2. The standard InChI is InChI=1S/C11H17N3O4S/c1-5-17-9(15)8(10(16)18-6-2)19-11-13-12-7(3)14(11)4/h8H,5-6H2,1-4H3. The average Bonchev–Trinajstić information content (AvgIpc) is 2.67. The molecule has 8 heteroatoms. The van der Waals surface area contributed by atoms with E-state index in [-0.39, 0.29) is 13.2 Å². The Morgan fingerprint density at radius 2 is 1.74 bits per heavy atom. The molecule has 0 aromatic carbocycles. The Morgan fingerprint density at radius 1 is 1.21 bits per heavy atom. The van der Waals surface area contributed by atoms with Crippen molar-refractivity contribution < 1.29 is 19.1 Å². The molecule has 19 heavy (non-hydrogen) atoms. The van der Waals surface area contributed by atoms with Crippen LogP contribution in [0.1, 0.15) is 19.7 Å². The summed E-state index contributed by atoms with van der Waals surface area (Å²) in [6, 6.07) is 0. The van der Waals surface area contributed by atoms with Crippen LogP contribution < -0.4 is 0 Å². The molecule has 106 valence electrons. The van der Waals surface area contributed by atoms with Crippen molar-refractivity contribution >= 4 is 23.7 Å². The Kier molecular flexibility index (Phi) is 5.81. The van der Waals surface area contributed by atoms with Crippen LogP contribution in [0, 0.1) is 6.92 Å². The molecule has 0 amide bonds. The molecule has 0 bridgehead atoms. The highest BCUT2D eigenvalue weighted by Gasteiger charge is 2.32. The first-order valence-corrected chi connectivity index (χ1v) is 6.75. The molecular weight excluding hydrogens is 270 g/mol. The topological polar surface area (TPSA) is 83.3 Å². The van der Waals surface area contributed by atoms with Gasteiger partial charge in [0.05, 0.1) is 13.2 Å². The number of esters is 2. The number of aromatic nitrogens is 3. The Balaban J connectivity index is 2.88. The second-order valence-corrected chi connectivity index (χ2v) is 4.66. The average molecular weight is 287 g/mol. The zero-order valence-electron chi connectivity index (χ0n) is 11.4. The predicted molar refractivity (Wildman–Crippen MR) is 68.7 cm³/mol. The summed E-state index contributed by atoms with van der Waals surface area (Å²) in [5, 5.41) is 7.15. The lowest BCUT2D eigenvalue weighted by Gasteiger charge is -2.13. The van der Waals surface area contributed by atoms with Gasteiger partial charge in [-0.2, -0.15) is 0 Å². The van der Waals surface area contributed by atoms with Gasteiger partial charge in [0.2, 0.25) is 5.25 Å². The minimum atomic E-state index is -1.08. The van der Waals surface area contributed by atoms with Crippen LogP contribution in [0.4, 0.5) is 0 Å². The van der Waals surface area contributed by atoms with Gasteiger partial charge in [0.25, 0.3) is 0 Å². The number of carbonyl (C=O) groups is 2. The number of carbonyl (C=O) groups excluding carboxylic acids is 2. The van der Waals surface area contributed by atoms with Crippen molar-refractivity contribution in [1.82, 2.24) is 14.8 Å². The number of hydrogen-bond donors (Lipinski definition) is 0. The molecular formula is C11H17N3O4S. The molecule has 0 spiro atoms. The molecule has 7 nitrogen and oxygen atoms in total. The Hall–Kier alpha value is -1.57. The Morgan fingerprint density at radius 3 is 2.11 bits per heavy atom. The summed E-state index contributed by atoms with van der Waals surface area (Å²) >= 11 is 0.973. The molecule has 1 aromatic rings. The van der Waals surface area contributed by atoms with Crippen molar-refractivity contribution in [3.05, 3.63) is 5.82 Å². The van der Waals surface area contributed by atoms with E-state index in [4.69, 9.17) is 9.47 Å². The van der Waals surface area contributed by atoms with Crippen LogP contribution in [0.3, 0.4) is 0 Å². The molecule has 0 saturated heterocycles. The molecule has 0 atom stereocenters. The second-order valence-electron chi connectivity index (χ2n) is 3.59. The van der Waals surface area contributed by atoms with Gasteiger partial charge in [0, 0.05) is 7.05 Å². The van der Waals surface area contributed by atoms with Crippen molar-refractivity contribution in [2.75, 3.05) is 13.2 Å². The van der Waals surface area contributed by atoms with Gasteiger partial charge in [-0.05, 0) is 20.8 Å². The quantitative estimate of drug-likeness (QED) is 0.433. The molecule has 1 aromatic heterocycles. The summed E-state index contributed by atoms with van der Waals surface area (Å²) in [6.45, 7) is 5.54. The molecule has 0 radical (unpaired) electrons. The molecule has 0 aliphatic rings. The lowest BCUT2D eigenvalue weighted by atomic mass is 10.4. The maximum absolute atomic E-state index is 11.8. The van der Waals surface area contributed by atoms with Crippen LogP contribution >= 0.6 is 11.8 Å². The number of hydrogen-bond acceptors (Lipinski definition) is 7. The first kappa shape index (κ1) is 15.5. The summed E-state index contributed by atoms with van der Waals surface area (Å²) in [6.07, 6.45) is 0. The molecule has 0 aliphatic heterocycles. The van der Waals surface area contributed by atoms with Crippen LogP contribution in [-0.2, 0) is 26.1 Å². The van der Waals surface area contributed by atoms with Crippen LogP contribution in [0.2, 0.25) is 0 Å². The first-order valence-electron chi connectivity index (χ1n) is 5.87. The zero-order valence-corrected chi connectivity index (χ0v) is 12.2. The monoisotopic (exact) mass is 287 g/mol. The van der Waals surface area contributed by atoms with Crippen LogP contribution in [-0.4, -0.2) is 45.2 Å². The maximum Gasteiger partial charge on any atom is 0.331 e. The maximum atomic E-state index is 11.8. The van der Waals surface area contributed by atoms with E-state index in [1.165, 1.54) is 0 Å². The molecule has 0 unspecified atom stereocenters. The number of rotatable bonds is 6. The summed E-state index contributed by atoms with van der Waals surface area (Å²) in [7, 11) is 1.75. The second kappa shape index (κ2) is 7.13. The lowest BCUT2D eigenvalue weighted by Crippen LogP contribution is -2.31. The summed E-state index contributed by atoms with van der Waals surface area (Å²) in [4.78, 5) is 23.6. The number of aryl methyl sites for hydroxylation is 1. The van der Waals surface area contributed by atoms with Crippen LogP contribution in [0.25, 0.3) is 0 Å². The largest absolute Gasteiger partial charge is 0.465 e. The zero-order chi connectivity index (χ0) is 14.4. The van der Waals surface area contributed by atoms with Crippen molar-refractivity contribution in [1.29, 1.82) is 0 Å². The first-order chi connectivity index (χ1) is 9.01. The highest BCUT2D eigenvalue weighted by atomic mass is 32.2. The van der Waals surface area contributed by atoms with E-state index >= 15 is 0 Å². The van der Waals surface area contributed by atoms with Gasteiger partial charge in [-0.15, -0.1) is 10.2 Å².